The van der Waals surface area contributed by atoms with E-state index in [0.717, 1.165) is 34.5 Å². The number of hydrogen-bond acceptors (Lipinski definition) is 6. The summed E-state index contributed by atoms with van der Waals surface area (Å²) in [6, 6.07) is 8.87. The zero-order chi connectivity index (χ0) is 25.3. The second-order valence-corrected chi connectivity index (χ2v) is 16.7. The molecule has 0 amide bonds. The number of pyridine rings is 2. The van der Waals surface area contributed by atoms with Crippen LogP contribution in [0.2, 0.25) is 25.7 Å². The lowest BCUT2D eigenvalue weighted by atomic mass is 9.86. The van der Waals surface area contributed by atoms with Crippen LogP contribution in [0.15, 0.2) is 29.1 Å². The van der Waals surface area contributed by atoms with Crippen LogP contribution in [0.3, 0.4) is 0 Å². The maximum Gasteiger partial charge on any atom is 0.343 e. The van der Waals surface area contributed by atoms with Gasteiger partial charge in [0.25, 0.3) is 5.56 Å². The number of aliphatic hydroxyl groups is 1. The minimum atomic E-state index is -1.84. The summed E-state index contributed by atoms with van der Waals surface area (Å²) in [7, 11) is -1.25. The van der Waals surface area contributed by atoms with Gasteiger partial charge in [-0.25, -0.2) is 9.78 Å². The summed E-state index contributed by atoms with van der Waals surface area (Å²) in [6.07, 6.45) is 1.09. The molecule has 5 rings (SSSR count). The van der Waals surface area contributed by atoms with E-state index in [1.807, 2.05) is 19.1 Å². The number of nitrogens with two attached hydrogens (primary N) is 1. The van der Waals surface area contributed by atoms with Gasteiger partial charge in [0.2, 0.25) is 0 Å². The topological polar surface area (TPSA) is 107 Å². The van der Waals surface area contributed by atoms with Crippen LogP contribution < -0.4 is 11.3 Å². The Kier molecular flexibility index (Phi) is 5.54. The highest BCUT2D eigenvalue weighted by Crippen LogP contribution is 2.42. The highest BCUT2D eigenvalue weighted by molar-refractivity contribution is 6.76. The maximum atomic E-state index is 13.5. The van der Waals surface area contributed by atoms with Gasteiger partial charge in [0.05, 0.1) is 29.0 Å². The van der Waals surface area contributed by atoms with E-state index in [9.17, 15) is 14.7 Å². The molecule has 0 saturated carbocycles. The van der Waals surface area contributed by atoms with Crippen molar-refractivity contribution in [2.24, 2.45) is 5.73 Å². The van der Waals surface area contributed by atoms with E-state index >= 15 is 0 Å². The van der Waals surface area contributed by atoms with Crippen molar-refractivity contribution in [3.63, 3.8) is 0 Å². The Morgan fingerprint density at radius 3 is 2.66 bits per heavy atom. The largest absolute Gasteiger partial charge is 0.458 e. The molecule has 1 aromatic carbocycles. The number of aromatic nitrogens is 2. The number of carbonyl (C=O) groups is 1. The Morgan fingerprint density at radius 1 is 1.26 bits per heavy atom. The molecule has 0 spiro atoms. The van der Waals surface area contributed by atoms with Crippen LogP contribution in [0, 0.1) is 0 Å². The van der Waals surface area contributed by atoms with E-state index in [4.69, 9.17) is 15.5 Å². The van der Waals surface area contributed by atoms with Crippen LogP contribution in [-0.4, -0.2) is 28.7 Å². The van der Waals surface area contributed by atoms with Gasteiger partial charge in [-0.2, -0.15) is 0 Å². The van der Waals surface area contributed by atoms with E-state index < -0.39 is 19.6 Å². The highest BCUT2D eigenvalue weighted by Gasteiger charge is 2.45. The van der Waals surface area contributed by atoms with E-state index in [-0.39, 0.29) is 24.6 Å². The van der Waals surface area contributed by atoms with Crippen LogP contribution in [-0.2, 0) is 34.7 Å². The molecule has 0 unspecified atom stereocenters. The van der Waals surface area contributed by atoms with Crippen LogP contribution in [0.25, 0.3) is 22.3 Å². The van der Waals surface area contributed by atoms with E-state index in [1.165, 1.54) is 5.56 Å². The van der Waals surface area contributed by atoms with Gasteiger partial charge in [-0.15, -0.1) is 0 Å². The molecule has 2 aliphatic rings. The molecule has 0 bridgehead atoms. The van der Waals surface area contributed by atoms with Crippen molar-refractivity contribution >= 4 is 24.9 Å². The average Bonchev–Trinajstić information content (AvgIpc) is 3.16. The number of ether oxygens (including phenoxy) is 1. The maximum absolute atomic E-state index is 13.5. The minimum Gasteiger partial charge on any atom is -0.458 e. The van der Waals surface area contributed by atoms with Crippen molar-refractivity contribution in [1.29, 1.82) is 0 Å². The number of carbonyl (C=O) groups excluding carboxylic acids is 1. The first kappa shape index (κ1) is 23.9. The zero-order valence-electron chi connectivity index (χ0n) is 21.1. The standard InChI is InChI=1S/C27H33N3O4Si/c1-6-27(33)19-12-21-24-17(13-30(21)25(31)18(19)14-34-26(27)32)22(15(2)28)23-16(10-11-35(3,4)5)8-7-9-20(23)29-24/h7-9,12,15,33H,6,10-11,13-14,28H2,1-5H3/t15-,27+/m1/s1. The summed E-state index contributed by atoms with van der Waals surface area (Å²) < 4.78 is 6.87. The lowest BCUT2D eigenvalue weighted by Crippen LogP contribution is -2.44. The molecule has 2 aromatic heterocycles. The predicted octanol–water partition coefficient (Wildman–Crippen LogP) is 3.98. The highest BCUT2D eigenvalue weighted by atomic mass is 28.3. The van der Waals surface area contributed by atoms with Gasteiger partial charge >= 0.3 is 5.97 Å². The number of rotatable bonds is 5. The van der Waals surface area contributed by atoms with E-state index in [2.05, 4.69) is 25.7 Å². The Morgan fingerprint density at radius 2 is 2.00 bits per heavy atom. The van der Waals surface area contributed by atoms with Gasteiger partial charge in [-0.05, 0) is 43.0 Å². The summed E-state index contributed by atoms with van der Waals surface area (Å²) >= 11 is 0. The van der Waals surface area contributed by atoms with Crippen molar-refractivity contribution in [3.05, 3.63) is 62.4 Å². The lowest BCUT2D eigenvalue weighted by Gasteiger charge is -2.31. The molecule has 0 radical (unpaired) electrons. The molecular weight excluding hydrogens is 458 g/mol. The fourth-order valence-electron chi connectivity index (χ4n) is 5.46. The summed E-state index contributed by atoms with van der Waals surface area (Å²) in [4.78, 5) is 31.0. The Hall–Kier alpha value is -2.81. The SMILES string of the molecule is CC[C@@]1(O)C(=O)OCc2c1cc1n(c2=O)Cc2c-1nc1cccc(CC[Si](C)(C)C)c1c2[C@@H](C)N. The van der Waals surface area contributed by atoms with Crippen molar-refractivity contribution in [1.82, 2.24) is 9.55 Å². The quantitative estimate of drug-likeness (QED) is 0.323. The van der Waals surface area contributed by atoms with Gasteiger partial charge in [0, 0.05) is 30.6 Å². The van der Waals surface area contributed by atoms with Gasteiger partial charge in [-0.1, -0.05) is 44.7 Å². The van der Waals surface area contributed by atoms with Crippen molar-refractivity contribution in [3.8, 4) is 11.4 Å². The molecule has 0 saturated heterocycles. The number of benzene rings is 1. The first-order chi connectivity index (χ1) is 16.5. The summed E-state index contributed by atoms with van der Waals surface area (Å²) in [5.74, 6) is -0.718. The number of aryl methyl sites for hydroxylation is 1. The predicted molar refractivity (Wildman–Crippen MR) is 139 cm³/mol. The summed E-state index contributed by atoms with van der Waals surface area (Å²) in [6.45, 7) is 11.0. The molecule has 0 aliphatic carbocycles. The molecule has 7 nitrogen and oxygen atoms in total. The third-order valence-electron chi connectivity index (χ3n) is 7.44. The first-order valence-electron chi connectivity index (χ1n) is 12.3. The fraction of sp³-hybridized carbons (Fsp3) is 0.444. The number of cyclic esters (lactones) is 1. The Bertz CT molecular complexity index is 1440. The van der Waals surface area contributed by atoms with Crippen molar-refractivity contribution in [2.45, 2.75) is 77.2 Å². The van der Waals surface area contributed by atoms with E-state index in [1.54, 1.807) is 17.6 Å². The molecule has 0 fully saturated rings. The Balaban J connectivity index is 1.77. The van der Waals surface area contributed by atoms with Gasteiger partial charge < -0.3 is 20.1 Å². The normalized spacial score (nSPS) is 19.8. The average molecular weight is 492 g/mol. The Labute approximate surface area is 206 Å². The molecule has 2 aliphatic heterocycles. The van der Waals surface area contributed by atoms with Gasteiger partial charge in [0.15, 0.2) is 5.60 Å². The van der Waals surface area contributed by atoms with Gasteiger partial charge in [-0.3, -0.25) is 4.79 Å². The molecule has 184 valence electrons. The van der Waals surface area contributed by atoms with Crippen molar-refractivity contribution < 1.29 is 14.6 Å². The van der Waals surface area contributed by atoms with Gasteiger partial charge in [0.1, 0.15) is 6.61 Å². The summed E-state index contributed by atoms with van der Waals surface area (Å²) in [5, 5.41) is 12.2. The van der Waals surface area contributed by atoms with Crippen LogP contribution in [0.5, 0.6) is 0 Å². The van der Waals surface area contributed by atoms with Crippen LogP contribution in [0.4, 0.5) is 0 Å². The first-order valence-corrected chi connectivity index (χ1v) is 16.0. The number of fused-ring (bicyclic) bond motifs is 5. The molecular formula is C27H33N3O4Si. The molecule has 3 N–H and O–H groups in total. The number of hydrogen-bond donors (Lipinski definition) is 2. The number of esters is 1. The smallest absolute Gasteiger partial charge is 0.343 e. The minimum absolute atomic E-state index is 0.116. The molecule has 8 heteroatoms. The number of nitrogens with zero attached hydrogens (tertiary/aromatic N) is 2. The molecule has 4 heterocycles. The molecule has 3 aromatic rings. The van der Waals surface area contributed by atoms with Crippen LogP contribution >= 0.6 is 0 Å². The lowest BCUT2D eigenvalue weighted by molar-refractivity contribution is -0.172. The fourth-order valence-corrected chi connectivity index (χ4v) is 6.48. The third kappa shape index (κ3) is 3.66. The van der Waals surface area contributed by atoms with E-state index in [0.29, 0.717) is 29.1 Å². The second-order valence-electron chi connectivity index (χ2n) is 11.1. The second kappa shape index (κ2) is 8.11. The third-order valence-corrected chi connectivity index (χ3v) is 9.19. The molecule has 35 heavy (non-hydrogen) atoms. The zero-order valence-corrected chi connectivity index (χ0v) is 22.1. The van der Waals surface area contributed by atoms with Crippen LogP contribution in [0.1, 0.15) is 54.1 Å². The summed E-state index contributed by atoms with van der Waals surface area (Å²) in [5.41, 5.74) is 10.5. The molecule has 2 atom stereocenters. The van der Waals surface area contributed by atoms with Crippen molar-refractivity contribution in [2.75, 3.05) is 0 Å². The monoisotopic (exact) mass is 491 g/mol.